The normalized spacial score (nSPS) is 10.9. The van der Waals surface area contributed by atoms with Gasteiger partial charge in [-0.2, -0.15) is 0 Å². The summed E-state index contributed by atoms with van der Waals surface area (Å²) in [5.41, 5.74) is 0.292. The number of anilines is 1. The fourth-order valence-electron chi connectivity index (χ4n) is 1.27. The number of aromatic nitrogens is 1. The van der Waals surface area contributed by atoms with E-state index in [0.29, 0.717) is 12.5 Å². The molecule has 0 bridgehead atoms. The van der Waals surface area contributed by atoms with Gasteiger partial charge >= 0.3 is 5.97 Å². The van der Waals surface area contributed by atoms with Crippen LogP contribution < -0.4 is 10.1 Å². The molecule has 1 aromatic heterocycles. The molecular weight excluding hydrogens is 232 g/mol. The van der Waals surface area contributed by atoms with Gasteiger partial charge in [-0.25, -0.2) is 4.98 Å². The molecule has 0 spiro atoms. The van der Waals surface area contributed by atoms with Gasteiger partial charge in [-0.05, 0) is 33.8 Å². The molecule has 100 valence electrons. The van der Waals surface area contributed by atoms with E-state index < -0.39 is 5.60 Å². The van der Waals surface area contributed by atoms with Crippen LogP contribution >= 0.6 is 0 Å². The lowest BCUT2D eigenvalue weighted by atomic mass is 10.2. The fourth-order valence-corrected chi connectivity index (χ4v) is 1.27. The third kappa shape index (κ3) is 5.52. The van der Waals surface area contributed by atoms with E-state index in [9.17, 15) is 4.79 Å². The van der Waals surface area contributed by atoms with Crippen molar-refractivity contribution in [1.29, 1.82) is 0 Å². The lowest BCUT2D eigenvalue weighted by molar-refractivity contribution is -0.152. The molecule has 0 radical (unpaired) electrons. The first-order valence-corrected chi connectivity index (χ1v) is 5.95. The molecule has 0 aromatic carbocycles. The van der Waals surface area contributed by atoms with Gasteiger partial charge in [0.15, 0.2) is 0 Å². The Balaban J connectivity index is 2.41. The number of esters is 1. The maximum absolute atomic E-state index is 11.5. The summed E-state index contributed by atoms with van der Waals surface area (Å²) >= 11 is 0. The number of pyridine rings is 1. The van der Waals surface area contributed by atoms with E-state index in [2.05, 4.69) is 10.3 Å². The van der Waals surface area contributed by atoms with Crippen molar-refractivity contribution in [1.82, 2.24) is 4.98 Å². The van der Waals surface area contributed by atoms with E-state index in [1.165, 1.54) is 0 Å². The summed E-state index contributed by atoms with van der Waals surface area (Å²) in [5, 5.41) is 2.94. The molecule has 5 nitrogen and oxygen atoms in total. The number of carbonyl (C=O) groups excluding carboxylic acids is 1. The second kappa shape index (κ2) is 6.23. The van der Waals surface area contributed by atoms with Crippen LogP contribution in [-0.2, 0) is 9.53 Å². The van der Waals surface area contributed by atoms with Crippen molar-refractivity contribution in [2.75, 3.05) is 18.5 Å². The predicted molar refractivity (Wildman–Crippen MR) is 69.7 cm³/mol. The van der Waals surface area contributed by atoms with Gasteiger partial charge < -0.3 is 14.8 Å². The van der Waals surface area contributed by atoms with Crippen molar-refractivity contribution in [3.8, 4) is 5.88 Å². The van der Waals surface area contributed by atoms with E-state index in [1.54, 1.807) is 12.3 Å². The topological polar surface area (TPSA) is 60.5 Å². The zero-order chi connectivity index (χ0) is 13.6. The van der Waals surface area contributed by atoms with Crippen molar-refractivity contribution in [2.45, 2.75) is 33.3 Å². The number of nitrogens with one attached hydrogen (secondary N) is 1. The molecular formula is C13H20N2O3. The van der Waals surface area contributed by atoms with Gasteiger partial charge in [-0.3, -0.25) is 4.79 Å². The highest BCUT2D eigenvalue weighted by atomic mass is 16.6. The van der Waals surface area contributed by atoms with Gasteiger partial charge in [0.05, 0.1) is 18.5 Å². The Labute approximate surface area is 108 Å². The number of hydrogen-bond donors (Lipinski definition) is 1. The Hall–Kier alpha value is -1.78. The monoisotopic (exact) mass is 252 g/mol. The van der Waals surface area contributed by atoms with Crippen molar-refractivity contribution in [2.24, 2.45) is 0 Å². The van der Waals surface area contributed by atoms with E-state index in [4.69, 9.17) is 9.47 Å². The second-order valence-electron chi connectivity index (χ2n) is 4.76. The first-order chi connectivity index (χ1) is 8.40. The van der Waals surface area contributed by atoms with Crippen LogP contribution in [0.4, 0.5) is 5.69 Å². The number of carbonyl (C=O) groups is 1. The van der Waals surface area contributed by atoms with Gasteiger partial charge in [-0.1, -0.05) is 0 Å². The Bertz CT molecular complexity index is 382. The predicted octanol–water partition coefficient (Wildman–Crippen LogP) is 2.23. The minimum Gasteiger partial charge on any atom is -0.478 e. The Morgan fingerprint density at radius 2 is 2.11 bits per heavy atom. The molecule has 0 aliphatic carbocycles. The fraction of sp³-hybridized carbons (Fsp3) is 0.538. The molecule has 0 amide bonds. The number of rotatable bonds is 5. The zero-order valence-electron chi connectivity index (χ0n) is 11.3. The SMILES string of the molecule is CCOc1ccc(NCC(=O)OC(C)(C)C)cn1. The Kier molecular flexibility index (Phi) is 4.95. The highest BCUT2D eigenvalue weighted by Gasteiger charge is 2.15. The molecule has 1 aromatic rings. The standard InChI is InChI=1S/C13H20N2O3/c1-5-17-11-7-6-10(8-15-11)14-9-12(16)18-13(2,3)4/h6-8,14H,5,9H2,1-4H3. The Morgan fingerprint density at radius 3 is 2.61 bits per heavy atom. The van der Waals surface area contributed by atoms with Gasteiger partial charge in [0.1, 0.15) is 12.1 Å². The summed E-state index contributed by atoms with van der Waals surface area (Å²) in [6.45, 7) is 8.11. The first kappa shape index (κ1) is 14.3. The molecule has 0 fully saturated rings. The summed E-state index contributed by atoms with van der Waals surface area (Å²) in [6.07, 6.45) is 1.62. The van der Waals surface area contributed by atoms with Crippen LogP contribution in [0.15, 0.2) is 18.3 Å². The maximum atomic E-state index is 11.5. The molecule has 0 unspecified atom stereocenters. The maximum Gasteiger partial charge on any atom is 0.325 e. The van der Waals surface area contributed by atoms with E-state index >= 15 is 0 Å². The lowest BCUT2D eigenvalue weighted by Gasteiger charge is -2.19. The number of ether oxygens (including phenoxy) is 2. The number of nitrogens with zero attached hydrogens (tertiary/aromatic N) is 1. The highest BCUT2D eigenvalue weighted by Crippen LogP contribution is 2.12. The van der Waals surface area contributed by atoms with Crippen LogP contribution in [0.1, 0.15) is 27.7 Å². The van der Waals surface area contributed by atoms with Crippen molar-refractivity contribution in [3.63, 3.8) is 0 Å². The summed E-state index contributed by atoms with van der Waals surface area (Å²) in [5.74, 6) is 0.275. The van der Waals surface area contributed by atoms with Crippen LogP contribution in [0.5, 0.6) is 5.88 Å². The first-order valence-electron chi connectivity index (χ1n) is 5.95. The lowest BCUT2D eigenvalue weighted by Crippen LogP contribution is -2.28. The van der Waals surface area contributed by atoms with Crippen LogP contribution in [0, 0.1) is 0 Å². The van der Waals surface area contributed by atoms with E-state index in [0.717, 1.165) is 5.69 Å². The van der Waals surface area contributed by atoms with Gasteiger partial charge in [-0.15, -0.1) is 0 Å². The summed E-state index contributed by atoms with van der Waals surface area (Å²) < 4.78 is 10.4. The summed E-state index contributed by atoms with van der Waals surface area (Å²) in [7, 11) is 0. The highest BCUT2D eigenvalue weighted by molar-refractivity contribution is 5.75. The third-order valence-electron chi connectivity index (χ3n) is 1.89. The summed E-state index contributed by atoms with van der Waals surface area (Å²) in [6, 6.07) is 3.56. The molecule has 1 rings (SSSR count). The molecule has 5 heteroatoms. The van der Waals surface area contributed by atoms with Gasteiger partial charge in [0, 0.05) is 6.07 Å². The molecule has 1 N–H and O–H groups in total. The molecule has 0 saturated heterocycles. The Morgan fingerprint density at radius 1 is 1.39 bits per heavy atom. The van der Waals surface area contributed by atoms with E-state index in [1.807, 2.05) is 33.8 Å². The second-order valence-corrected chi connectivity index (χ2v) is 4.76. The van der Waals surface area contributed by atoms with Crippen LogP contribution in [0.3, 0.4) is 0 Å². The van der Waals surface area contributed by atoms with Gasteiger partial charge in [0.2, 0.25) is 5.88 Å². The van der Waals surface area contributed by atoms with Crippen LogP contribution in [-0.4, -0.2) is 29.7 Å². The van der Waals surface area contributed by atoms with Crippen molar-refractivity contribution in [3.05, 3.63) is 18.3 Å². The van der Waals surface area contributed by atoms with Crippen LogP contribution in [0.25, 0.3) is 0 Å². The smallest absolute Gasteiger partial charge is 0.325 e. The minimum absolute atomic E-state index is 0.118. The average Bonchev–Trinajstić information content (AvgIpc) is 2.26. The molecule has 0 atom stereocenters. The largest absolute Gasteiger partial charge is 0.478 e. The molecule has 1 heterocycles. The summed E-state index contributed by atoms with van der Waals surface area (Å²) in [4.78, 5) is 15.6. The molecule has 0 saturated carbocycles. The minimum atomic E-state index is -0.462. The van der Waals surface area contributed by atoms with E-state index in [-0.39, 0.29) is 12.5 Å². The van der Waals surface area contributed by atoms with Crippen molar-refractivity contribution < 1.29 is 14.3 Å². The molecule has 18 heavy (non-hydrogen) atoms. The number of hydrogen-bond acceptors (Lipinski definition) is 5. The average molecular weight is 252 g/mol. The van der Waals surface area contributed by atoms with Gasteiger partial charge in [0.25, 0.3) is 0 Å². The third-order valence-corrected chi connectivity index (χ3v) is 1.89. The molecule has 0 aliphatic rings. The zero-order valence-corrected chi connectivity index (χ0v) is 11.3. The molecule has 0 aliphatic heterocycles. The quantitative estimate of drug-likeness (QED) is 0.814. The van der Waals surface area contributed by atoms with Crippen molar-refractivity contribution >= 4 is 11.7 Å². The van der Waals surface area contributed by atoms with Crippen LogP contribution in [0.2, 0.25) is 0 Å².